The molecule has 1 aliphatic rings. The van der Waals surface area contributed by atoms with Crippen LogP contribution in [-0.4, -0.2) is 43.0 Å². The first-order valence-electron chi connectivity index (χ1n) is 3.84. The Bertz CT molecular complexity index is 364. The van der Waals surface area contributed by atoms with E-state index in [1.54, 1.807) is 6.92 Å². The van der Waals surface area contributed by atoms with Crippen molar-refractivity contribution >= 4 is 16.1 Å². The van der Waals surface area contributed by atoms with Gasteiger partial charge in [-0.15, -0.1) is 0 Å². The Hall–Kier alpha value is -0.800. The molecule has 0 aromatic heterocycles. The Labute approximate surface area is 83.9 Å². The average molecular weight is 246 g/mol. The van der Waals surface area contributed by atoms with Crippen LogP contribution in [0.1, 0.15) is 6.92 Å². The quantitative estimate of drug-likeness (QED) is 0.419. The Morgan fingerprint density at radius 2 is 2.07 bits per heavy atom. The van der Waals surface area contributed by atoms with Crippen LogP contribution in [0, 0.1) is 0 Å². The third kappa shape index (κ3) is 2.61. The first-order chi connectivity index (χ1) is 6.66. The van der Waals surface area contributed by atoms with Crippen molar-refractivity contribution in [1.82, 2.24) is 0 Å². The van der Waals surface area contributed by atoms with E-state index in [4.69, 9.17) is 9.29 Å². The van der Waals surface area contributed by atoms with Crippen molar-refractivity contribution in [3.63, 3.8) is 0 Å². The van der Waals surface area contributed by atoms with E-state index in [0.29, 0.717) is 0 Å². The molecule has 1 N–H and O–H groups in total. The zero-order valence-electron chi connectivity index (χ0n) is 7.51. The summed E-state index contributed by atoms with van der Waals surface area (Å²) in [6, 6.07) is 0. The number of ether oxygens (including phenoxy) is 2. The van der Waals surface area contributed by atoms with Gasteiger partial charge >= 0.3 is 21.3 Å². The molecule has 1 fully saturated rings. The summed E-state index contributed by atoms with van der Waals surface area (Å²) in [5, 5.41) is -4.94. The number of carbonyl (C=O) groups is 1. The van der Waals surface area contributed by atoms with Crippen LogP contribution in [0.5, 0.6) is 0 Å². The molecular weight excluding hydrogens is 238 g/mol. The molecule has 1 saturated heterocycles. The standard InChI is InChI=1S/C6H8F2O6S/c1-3-4(14-3)2-13-5(9)6(7,8)15(10,11)12/h3-4H,2H2,1H3,(H,10,11,12). The van der Waals surface area contributed by atoms with Crippen molar-refractivity contribution in [2.24, 2.45) is 0 Å². The van der Waals surface area contributed by atoms with Crippen LogP contribution in [0.3, 0.4) is 0 Å². The molecule has 0 saturated carbocycles. The van der Waals surface area contributed by atoms with Crippen molar-refractivity contribution in [3.05, 3.63) is 0 Å². The summed E-state index contributed by atoms with van der Waals surface area (Å²) >= 11 is 0. The Morgan fingerprint density at radius 3 is 2.40 bits per heavy atom. The predicted molar refractivity (Wildman–Crippen MR) is 41.8 cm³/mol. The third-order valence-corrected chi connectivity index (χ3v) is 2.59. The van der Waals surface area contributed by atoms with Gasteiger partial charge in [-0.2, -0.15) is 17.2 Å². The summed E-state index contributed by atoms with van der Waals surface area (Å²) in [4.78, 5) is 10.6. The lowest BCUT2D eigenvalue weighted by Crippen LogP contribution is -2.39. The monoisotopic (exact) mass is 246 g/mol. The van der Waals surface area contributed by atoms with E-state index in [1.807, 2.05) is 0 Å². The molecule has 2 atom stereocenters. The second kappa shape index (κ2) is 3.65. The molecule has 0 bridgehead atoms. The van der Waals surface area contributed by atoms with Crippen molar-refractivity contribution in [2.75, 3.05) is 6.61 Å². The zero-order valence-corrected chi connectivity index (χ0v) is 8.33. The van der Waals surface area contributed by atoms with Crippen molar-refractivity contribution < 1.29 is 36.0 Å². The van der Waals surface area contributed by atoms with E-state index in [2.05, 4.69) is 4.74 Å². The van der Waals surface area contributed by atoms with Gasteiger partial charge in [0, 0.05) is 0 Å². The molecular formula is C6H8F2O6S. The van der Waals surface area contributed by atoms with E-state index in [1.165, 1.54) is 0 Å². The number of hydrogen-bond donors (Lipinski definition) is 1. The summed E-state index contributed by atoms with van der Waals surface area (Å²) in [5.74, 6) is -2.31. The minimum atomic E-state index is -5.79. The summed E-state index contributed by atoms with van der Waals surface area (Å²) in [6.07, 6.45) is -0.705. The molecule has 1 heterocycles. The van der Waals surface area contributed by atoms with Crippen molar-refractivity contribution in [3.8, 4) is 0 Å². The van der Waals surface area contributed by atoms with Gasteiger partial charge in [-0.05, 0) is 6.92 Å². The number of halogens is 2. The lowest BCUT2D eigenvalue weighted by atomic mass is 10.4. The number of carbonyl (C=O) groups excluding carboxylic acids is 1. The van der Waals surface area contributed by atoms with Gasteiger partial charge < -0.3 is 9.47 Å². The van der Waals surface area contributed by atoms with E-state index in [9.17, 15) is 22.0 Å². The van der Waals surface area contributed by atoms with Crippen LogP contribution in [-0.2, 0) is 24.4 Å². The molecule has 6 nitrogen and oxygen atoms in total. The number of rotatable bonds is 4. The van der Waals surface area contributed by atoms with Crippen molar-refractivity contribution in [2.45, 2.75) is 24.4 Å². The Morgan fingerprint density at radius 1 is 1.60 bits per heavy atom. The van der Waals surface area contributed by atoms with Crippen LogP contribution in [0.4, 0.5) is 8.78 Å². The number of alkyl halides is 2. The summed E-state index contributed by atoms with van der Waals surface area (Å²) in [7, 11) is -5.79. The van der Waals surface area contributed by atoms with E-state index in [-0.39, 0.29) is 6.10 Å². The highest BCUT2D eigenvalue weighted by Gasteiger charge is 2.54. The maximum atomic E-state index is 12.5. The van der Waals surface area contributed by atoms with Crippen LogP contribution in [0.25, 0.3) is 0 Å². The number of esters is 1. The van der Waals surface area contributed by atoms with Gasteiger partial charge in [0.1, 0.15) is 12.7 Å². The molecule has 0 aliphatic carbocycles. The van der Waals surface area contributed by atoms with Gasteiger partial charge in [0.25, 0.3) is 0 Å². The van der Waals surface area contributed by atoms with Crippen LogP contribution in [0.15, 0.2) is 0 Å². The number of epoxide rings is 1. The third-order valence-electron chi connectivity index (χ3n) is 1.78. The summed E-state index contributed by atoms with van der Waals surface area (Å²) < 4.78 is 62.0. The highest BCUT2D eigenvalue weighted by atomic mass is 32.2. The van der Waals surface area contributed by atoms with Gasteiger partial charge in [0.05, 0.1) is 6.10 Å². The fourth-order valence-corrected chi connectivity index (χ4v) is 1.02. The van der Waals surface area contributed by atoms with Gasteiger partial charge in [0.2, 0.25) is 0 Å². The topological polar surface area (TPSA) is 93.2 Å². The van der Waals surface area contributed by atoms with Crippen LogP contribution in [0.2, 0.25) is 0 Å². The molecule has 0 aromatic carbocycles. The Kier molecular flexibility index (Phi) is 2.99. The van der Waals surface area contributed by atoms with Crippen molar-refractivity contribution in [1.29, 1.82) is 0 Å². The molecule has 0 spiro atoms. The van der Waals surface area contributed by atoms with E-state index < -0.39 is 34.1 Å². The molecule has 15 heavy (non-hydrogen) atoms. The molecule has 1 aliphatic heterocycles. The predicted octanol–water partition coefficient (Wildman–Crippen LogP) is -0.202. The first kappa shape index (κ1) is 12.3. The molecule has 0 amide bonds. The van der Waals surface area contributed by atoms with Gasteiger partial charge in [-0.1, -0.05) is 0 Å². The molecule has 9 heteroatoms. The van der Waals surface area contributed by atoms with E-state index in [0.717, 1.165) is 0 Å². The lowest BCUT2D eigenvalue weighted by molar-refractivity contribution is -0.161. The molecule has 0 radical (unpaired) electrons. The first-order valence-corrected chi connectivity index (χ1v) is 5.28. The minimum absolute atomic E-state index is 0.211. The molecule has 1 rings (SSSR count). The summed E-state index contributed by atoms with van der Waals surface area (Å²) in [6.45, 7) is 1.16. The minimum Gasteiger partial charge on any atom is -0.457 e. The maximum Gasteiger partial charge on any atom is 0.465 e. The second-order valence-corrected chi connectivity index (χ2v) is 4.43. The molecule has 2 unspecified atom stereocenters. The normalized spacial score (nSPS) is 26.1. The van der Waals surface area contributed by atoms with Gasteiger partial charge in [-0.3, -0.25) is 4.55 Å². The maximum absolute atomic E-state index is 12.5. The van der Waals surface area contributed by atoms with Crippen LogP contribution < -0.4 is 0 Å². The highest BCUT2D eigenvalue weighted by Crippen LogP contribution is 2.25. The SMILES string of the molecule is CC1OC1COC(=O)C(F)(F)S(=O)(=O)O. The molecule has 0 aromatic rings. The van der Waals surface area contributed by atoms with E-state index >= 15 is 0 Å². The lowest BCUT2D eigenvalue weighted by Gasteiger charge is -2.10. The fourth-order valence-electron chi connectivity index (χ4n) is 0.752. The fraction of sp³-hybridized carbons (Fsp3) is 0.833. The smallest absolute Gasteiger partial charge is 0.457 e. The second-order valence-electron chi connectivity index (χ2n) is 2.97. The average Bonchev–Trinajstić information content (AvgIpc) is 2.75. The zero-order chi connectivity index (χ0) is 11.9. The van der Waals surface area contributed by atoms with Gasteiger partial charge in [-0.25, -0.2) is 4.79 Å². The Balaban J connectivity index is 2.53. The molecule has 88 valence electrons. The highest BCUT2D eigenvalue weighted by molar-refractivity contribution is 7.87. The largest absolute Gasteiger partial charge is 0.465 e. The number of hydrogen-bond acceptors (Lipinski definition) is 5. The van der Waals surface area contributed by atoms with Crippen LogP contribution >= 0.6 is 0 Å². The van der Waals surface area contributed by atoms with Gasteiger partial charge in [0.15, 0.2) is 0 Å². The summed E-state index contributed by atoms with van der Waals surface area (Å²) in [5.41, 5.74) is 0.